The van der Waals surface area contributed by atoms with Crippen molar-refractivity contribution in [3.63, 3.8) is 0 Å². The fraction of sp³-hybridized carbons (Fsp3) is 0.667. The molecule has 1 N–H and O–H groups in total. The number of amides is 1. The van der Waals surface area contributed by atoms with Crippen molar-refractivity contribution < 1.29 is 21.6 Å². The fourth-order valence-corrected chi connectivity index (χ4v) is 7.20. The summed E-state index contributed by atoms with van der Waals surface area (Å²) in [7, 11) is -6.84. The van der Waals surface area contributed by atoms with Crippen LogP contribution in [0.5, 0.6) is 0 Å². The van der Waals surface area contributed by atoms with E-state index < -0.39 is 20.0 Å². The number of nitrogens with one attached hydrogen (secondary N) is 1. The summed E-state index contributed by atoms with van der Waals surface area (Å²) in [5, 5.41) is 0. The number of nitrogens with zero attached hydrogens (tertiary/aromatic N) is 3. The Hall–Kier alpha value is -1.53. The summed E-state index contributed by atoms with van der Waals surface area (Å²) in [6.07, 6.45) is 5.75. The van der Waals surface area contributed by atoms with Crippen molar-refractivity contribution in [3.8, 4) is 0 Å². The molecular weight excluding hydrogens is 452 g/mol. The molecule has 0 aromatic heterocycles. The normalized spacial score (nSPS) is 23.3. The van der Waals surface area contributed by atoms with E-state index in [1.165, 1.54) is 9.87 Å². The van der Waals surface area contributed by atoms with Gasteiger partial charge in [0.05, 0.1) is 17.7 Å². The van der Waals surface area contributed by atoms with Gasteiger partial charge in [0.15, 0.2) is 0 Å². The number of likely N-dealkylation sites (tertiary alicyclic amines) is 1. The van der Waals surface area contributed by atoms with Gasteiger partial charge in [0, 0.05) is 38.8 Å². The van der Waals surface area contributed by atoms with Crippen LogP contribution in [0, 0.1) is 0 Å². The number of rotatable bonds is 6. The maximum absolute atomic E-state index is 13.1. The van der Waals surface area contributed by atoms with Crippen molar-refractivity contribution in [2.75, 3.05) is 52.1 Å². The van der Waals surface area contributed by atoms with Gasteiger partial charge in [-0.2, -0.15) is 4.31 Å². The molecule has 0 spiro atoms. The van der Waals surface area contributed by atoms with Crippen LogP contribution in [0.2, 0.25) is 0 Å². The summed E-state index contributed by atoms with van der Waals surface area (Å²) in [6, 6.07) is 5.27. The van der Waals surface area contributed by atoms with Crippen LogP contribution in [0.3, 0.4) is 0 Å². The second-order valence-corrected chi connectivity index (χ2v) is 12.8. The first kappa shape index (κ1) is 23.6. The highest BCUT2D eigenvalue weighted by molar-refractivity contribution is 7.89. The Bertz CT molecular complexity index is 1070. The molecule has 1 aromatic carbocycles. The molecule has 1 aliphatic carbocycles. The Morgan fingerprint density at radius 2 is 1.72 bits per heavy atom. The molecule has 178 valence electrons. The number of aryl methyl sites for hydroxylation is 2. The van der Waals surface area contributed by atoms with Crippen LogP contribution in [0.4, 0.5) is 0 Å². The van der Waals surface area contributed by atoms with Gasteiger partial charge in [-0.1, -0.05) is 6.07 Å². The average Bonchev–Trinajstić information content (AvgIpc) is 3.21. The zero-order chi connectivity index (χ0) is 22.9. The molecule has 3 aliphatic rings. The number of piperazine rings is 1. The summed E-state index contributed by atoms with van der Waals surface area (Å²) >= 11 is 0. The van der Waals surface area contributed by atoms with Gasteiger partial charge in [-0.3, -0.25) is 9.69 Å². The fourth-order valence-electron chi connectivity index (χ4n) is 4.92. The molecule has 1 amide bonds. The third-order valence-corrected chi connectivity index (χ3v) is 9.20. The second kappa shape index (κ2) is 9.38. The lowest BCUT2D eigenvalue weighted by atomic mass is 10.1. The van der Waals surface area contributed by atoms with E-state index in [9.17, 15) is 21.6 Å². The van der Waals surface area contributed by atoms with Crippen molar-refractivity contribution in [3.05, 3.63) is 29.3 Å². The predicted octanol–water partition coefficient (Wildman–Crippen LogP) is 0.0218. The number of hydrogen-bond donors (Lipinski definition) is 1. The summed E-state index contributed by atoms with van der Waals surface area (Å²) < 4.78 is 53.3. The average molecular weight is 485 g/mol. The number of benzene rings is 1. The van der Waals surface area contributed by atoms with Crippen LogP contribution in [0.15, 0.2) is 23.1 Å². The molecular formula is C21H32N4O5S2. The molecule has 0 bridgehead atoms. The van der Waals surface area contributed by atoms with Crippen molar-refractivity contribution in [2.45, 2.75) is 43.0 Å². The highest BCUT2D eigenvalue weighted by Crippen LogP contribution is 2.26. The minimum absolute atomic E-state index is 0.0421. The van der Waals surface area contributed by atoms with E-state index in [2.05, 4.69) is 4.72 Å². The lowest BCUT2D eigenvalue weighted by Crippen LogP contribution is -2.54. The van der Waals surface area contributed by atoms with Gasteiger partial charge in [0.25, 0.3) is 0 Å². The van der Waals surface area contributed by atoms with Crippen LogP contribution in [0.1, 0.15) is 30.4 Å². The lowest BCUT2D eigenvalue weighted by molar-refractivity contribution is -0.133. The summed E-state index contributed by atoms with van der Waals surface area (Å²) in [6.45, 7) is 2.77. The molecule has 4 rings (SSSR count). The molecule has 32 heavy (non-hydrogen) atoms. The molecule has 0 saturated carbocycles. The van der Waals surface area contributed by atoms with Crippen LogP contribution in [0.25, 0.3) is 0 Å². The number of sulfonamides is 2. The summed E-state index contributed by atoms with van der Waals surface area (Å²) in [5.41, 5.74) is 2.37. The monoisotopic (exact) mass is 484 g/mol. The largest absolute Gasteiger partial charge is 0.339 e. The summed E-state index contributed by atoms with van der Waals surface area (Å²) in [4.78, 5) is 16.8. The number of hydrogen-bond acceptors (Lipinski definition) is 6. The Morgan fingerprint density at radius 3 is 2.44 bits per heavy atom. The van der Waals surface area contributed by atoms with Gasteiger partial charge >= 0.3 is 0 Å². The molecule has 1 atom stereocenters. The van der Waals surface area contributed by atoms with Gasteiger partial charge in [-0.15, -0.1) is 0 Å². The van der Waals surface area contributed by atoms with E-state index in [1.54, 1.807) is 11.0 Å². The Morgan fingerprint density at radius 1 is 1.00 bits per heavy atom. The molecule has 1 unspecified atom stereocenters. The highest BCUT2D eigenvalue weighted by atomic mass is 32.2. The molecule has 0 radical (unpaired) electrons. The standard InChI is InChI=1S/C21H32N4O5S2/c1-31(27,28)22-19-6-3-9-23(15-19)16-21(26)24-10-12-25(13-11-24)32(29,30)20-8-7-17-4-2-5-18(17)14-20/h7-8,14,19,22H,2-6,9-13,15-16H2,1H3. The smallest absolute Gasteiger partial charge is 0.243 e. The second-order valence-electron chi connectivity index (χ2n) is 9.03. The third-order valence-electron chi connectivity index (χ3n) is 6.54. The Labute approximate surface area is 190 Å². The van der Waals surface area contributed by atoms with Gasteiger partial charge < -0.3 is 4.90 Å². The van der Waals surface area contributed by atoms with E-state index in [0.29, 0.717) is 24.5 Å². The number of carbonyl (C=O) groups is 1. The Kier molecular flexibility index (Phi) is 6.92. The lowest BCUT2D eigenvalue weighted by Gasteiger charge is -2.37. The van der Waals surface area contributed by atoms with E-state index in [0.717, 1.165) is 50.5 Å². The molecule has 2 heterocycles. The molecule has 2 fully saturated rings. The first-order chi connectivity index (χ1) is 15.1. The zero-order valence-electron chi connectivity index (χ0n) is 18.5. The third kappa shape index (κ3) is 5.51. The van der Waals surface area contributed by atoms with E-state index in [1.807, 2.05) is 17.0 Å². The van der Waals surface area contributed by atoms with Crippen molar-refractivity contribution >= 4 is 26.0 Å². The molecule has 9 nitrogen and oxygen atoms in total. The van der Waals surface area contributed by atoms with E-state index in [4.69, 9.17) is 0 Å². The van der Waals surface area contributed by atoms with Crippen molar-refractivity contribution in [2.24, 2.45) is 0 Å². The topological polar surface area (TPSA) is 107 Å². The SMILES string of the molecule is CS(=O)(=O)NC1CCCN(CC(=O)N2CCN(S(=O)(=O)c3ccc4c(c3)CCC4)CC2)C1. The number of carbonyl (C=O) groups excluding carboxylic acids is 1. The van der Waals surface area contributed by atoms with Gasteiger partial charge in [0.2, 0.25) is 26.0 Å². The van der Waals surface area contributed by atoms with Gasteiger partial charge in [0.1, 0.15) is 0 Å². The van der Waals surface area contributed by atoms with Crippen molar-refractivity contribution in [1.29, 1.82) is 0 Å². The van der Waals surface area contributed by atoms with Gasteiger partial charge in [-0.25, -0.2) is 21.6 Å². The molecule has 2 saturated heterocycles. The molecule has 1 aromatic rings. The highest BCUT2D eigenvalue weighted by Gasteiger charge is 2.32. The van der Waals surface area contributed by atoms with E-state index >= 15 is 0 Å². The van der Waals surface area contributed by atoms with E-state index in [-0.39, 0.29) is 31.6 Å². The first-order valence-electron chi connectivity index (χ1n) is 11.2. The minimum Gasteiger partial charge on any atom is -0.339 e. The summed E-state index contributed by atoms with van der Waals surface area (Å²) in [5.74, 6) is -0.0421. The number of piperidine rings is 1. The van der Waals surface area contributed by atoms with Crippen LogP contribution < -0.4 is 4.72 Å². The van der Waals surface area contributed by atoms with Crippen molar-refractivity contribution in [1.82, 2.24) is 18.8 Å². The maximum Gasteiger partial charge on any atom is 0.243 e. The maximum atomic E-state index is 13.1. The van der Waals surface area contributed by atoms with Crippen LogP contribution in [-0.2, 0) is 37.7 Å². The molecule has 2 aliphatic heterocycles. The first-order valence-corrected chi connectivity index (χ1v) is 14.5. The zero-order valence-corrected chi connectivity index (χ0v) is 20.1. The van der Waals surface area contributed by atoms with Crippen LogP contribution >= 0.6 is 0 Å². The predicted molar refractivity (Wildman–Crippen MR) is 121 cm³/mol. The Balaban J connectivity index is 1.31. The van der Waals surface area contributed by atoms with Gasteiger partial charge in [-0.05, 0) is 61.9 Å². The quantitative estimate of drug-likeness (QED) is 0.610. The van der Waals surface area contributed by atoms with Crippen LogP contribution in [-0.4, -0.2) is 95.0 Å². The number of fused-ring (bicyclic) bond motifs is 1. The minimum atomic E-state index is -3.56. The molecule has 11 heteroatoms.